The summed E-state index contributed by atoms with van der Waals surface area (Å²) in [4.78, 5) is 34.9. The maximum Gasteiger partial charge on any atom is 0.325 e. The minimum absolute atomic E-state index is 0.134. The molecule has 0 saturated carbocycles. The Morgan fingerprint density at radius 1 is 0.889 bits per heavy atom. The smallest absolute Gasteiger partial charge is 0.325 e. The third kappa shape index (κ3) is 6.81. The Morgan fingerprint density at radius 2 is 1.59 bits per heavy atom. The molecule has 0 aromatic heterocycles. The van der Waals surface area contributed by atoms with Gasteiger partial charge in [-0.15, -0.1) is 0 Å². The van der Waals surface area contributed by atoms with E-state index in [1.165, 1.54) is 7.11 Å². The number of carbonyl (C=O) groups excluding carboxylic acids is 3. The van der Waals surface area contributed by atoms with Crippen LogP contribution in [-0.2, 0) is 32.0 Å². The van der Waals surface area contributed by atoms with E-state index in [2.05, 4.69) is 15.4 Å². The second kappa shape index (κ2) is 9.96. The summed E-state index contributed by atoms with van der Waals surface area (Å²) in [5.41, 5.74) is 2.26. The van der Waals surface area contributed by atoms with E-state index >= 15 is 0 Å². The first-order valence-electron chi connectivity index (χ1n) is 8.35. The van der Waals surface area contributed by atoms with E-state index in [1.54, 1.807) is 31.4 Å². The van der Waals surface area contributed by atoms with Crippen LogP contribution in [0.1, 0.15) is 11.1 Å². The molecule has 0 fully saturated rings. The molecule has 2 N–H and O–H groups in total. The van der Waals surface area contributed by atoms with Gasteiger partial charge < -0.3 is 20.1 Å². The van der Waals surface area contributed by atoms with Gasteiger partial charge in [-0.2, -0.15) is 0 Å². The van der Waals surface area contributed by atoms with Gasteiger partial charge in [0.05, 0.1) is 27.1 Å². The number of benzene rings is 2. The van der Waals surface area contributed by atoms with Crippen molar-refractivity contribution in [3.05, 3.63) is 59.7 Å². The number of carbonyl (C=O) groups is 3. The minimum Gasteiger partial charge on any atom is -0.497 e. The monoisotopic (exact) mass is 370 g/mol. The van der Waals surface area contributed by atoms with Gasteiger partial charge in [0, 0.05) is 5.69 Å². The second-order valence-electron chi connectivity index (χ2n) is 5.80. The SMILES string of the molecule is COC(=O)CNC(=O)Cc1ccc(NC(=O)Cc2cccc(OC)c2)cc1. The van der Waals surface area contributed by atoms with Crippen LogP contribution in [0.2, 0.25) is 0 Å². The molecule has 0 heterocycles. The molecule has 0 atom stereocenters. The number of nitrogens with one attached hydrogen (secondary N) is 2. The van der Waals surface area contributed by atoms with E-state index in [0.29, 0.717) is 11.4 Å². The number of amides is 2. The highest BCUT2D eigenvalue weighted by Crippen LogP contribution is 2.14. The van der Waals surface area contributed by atoms with Gasteiger partial charge in [-0.1, -0.05) is 24.3 Å². The number of esters is 1. The number of ether oxygens (including phenoxy) is 2. The Labute approximate surface area is 157 Å². The fourth-order valence-electron chi connectivity index (χ4n) is 2.37. The minimum atomic E-state index is -0.502. The van der Waals surface area contributed by atoms with Gasteiger partial charge in [0.1, 0.15) is 12.3 Å². The summed E-state index contributed by atoms with van der Waals surface area (Å²) in [7, 11) is 2.84. The van der Waals surface area contributed by atoms with Gasteiger partial charge in [-0.25, -0.2) is 0 Å². The third-order valence-corrected chi connectivity index (χ3v) is 3.76. The van der Waals surface area contributed by atoms with Crippen molar-refractivity contribution < 1.29 is 23.9 Å². The van der Waals surface area contributed by atoms with E-state index in [-0.39, 0.29) is 31.2 Å². The molecule has 7 heteroatoms. The Balaban J connectivity index is 1.84. The van der Waals surface area contributed by atoms with Crippen molar-refractivity contribution in [3.63, 3.8) is 0 Å². The normalized spacial score (nSPS) is 10.0. The molecule has 27 heavy (non-hydrogen) atoms. The first-order chi connectivity index (χ1) is 13.0. The highest BCUT2D eigenvalue weighted by atomic mass is 16.5. The molecular formula is C20H22N2O5. The van der Waals surface area contributed by atoms with Crippen LogP contribution in [0.3, 0.4) is 0 Å². The lowest BCUT2D eigenvalue weighted by Crippen LogP contribution is -2.31. The fourth-order valence-corrected chi connectivity index (χ4v) is 2.37. The largest absolute Gasteiger partial charge is 0.497 e. The van der Waals surface area contributed by atoms with Crippen LogP contribution in [-0.4, -0.2) is 38.5 Å². The molecule has 0 aliphatic carbocycles. The molecule has 0 bridgehead atoms. The molecule has 0 saturated heterocycles. The van der Waals surface area contributed by atoms with Crippen LogP contribution < -0.4 is 15.4 Å². The molecule has 2 aromatic carbocycles. The fraction of sp³-hybridized carbons (Fsp3) is 0.250. The van der Waals surface area contributed by atoms with E-state index in [1.807, 2.05) is 24.3 Å². The maximum atomic E-state index is 12.2. The van der Waals surface area contributed by atoms with Crippen LogP contribution in [0.25, 0.3) is 0 Å². The third-order valence-electron chi connectivity index (χ3n) is 3.76. The lowest BCUT2D eigenvalue weighted by Gasteiger charge is -2.08. The number of hydrogen-bond donors (Lipinski definition) is 2. The van der Waals surface area contributed by atoms with Crippen LogP contribution >= 0.6 is 0 Å². The van der Waals surface area contributed by atoms with Crippen molar-refractivity contribution in [1.82, 2.24) is 5.32 Å². The standard InChI is InChI=1S/C20H22N2O5/c1-26-17-5-3-4-15(10-17)12-19(24)22-16-8-6-14(7-9-16)11-18(23)21-13-20(25)27-2/h3-10H,11-13H2,1-2H3,(H,21,23)(H,22,24). The molecule has 0 spiro atoms. The molecule has 0 unspecified atom stereocenters. The highest BCUT2D eigenvalue weighted by Gasteiger charge is 2.08. The van der Waals surface area contributed by atoms with Crippen molar-refractivity contribution in [1.29, 1.82) is 0 Å². The molecule has 0 aliphatic heterocycles. The molecule has 2 amide bonds. The van der Waals surface area contributed by atoms with Crippen molar-refractivity contribution >= 4 is 23.5 Å². The summed E-state index contributed by atoms with van der Waals surface area (Å²) < 4.78 is 9.60. The summed E-state index contributed by atoms with van der Waals surface area (Å²) in [6.45, 7) is -0.159. The maximum absolute atomic E-state index is 12.2. The zero-order valence-corrected chi connectivity index (χ0v) is 15.3. The summed E-state index contributed by atoms with van der Waals surface area (Å²) >= 11 is 0. The zero-order chi connectivity index (χ0) is 19.6. The van der Waals surface area contributed by atoms with Gasteiger partial charge >= 0.3 is 5.97 Å². The molecular weight excluding hydrogens is 348 g/mol. The average molecular weight is 370 g/mol. The summed E-state index contributed by atoms with van der Waals surface area (Å²) in [6.07, 6.45) is 0.365. The first kappa shape index (κ1) is 20.0. The Bertz CT molecular complexity index is 802. The number of hydrogen-bond acceptors (Lipinski definition) is 5. The predicted molar refractivity (Wildman–Crippen MR) is 100 cm³/mol. The van der Waals surface area contributed by atoms with Crippen molar-refractivity contribution in [2.75, 3.05) is 26.1 Å². The topological polar surface area (TPSA) is 93.7 Å². The zero-order valence-electron chi connectivity index (χ0n) is 15.3. The Kier molecular flexibility index (Phi) is 7.37. The van der Waals surface area contributed by atoms with Crippen LogP contribution in [0.15, 0.2) is 48.5 Å². The van der Waals surface area contributed by atoms with E-state index < -0.39 is 5.97 Å². The van der Waals surface area contributed by atoms with Crippen molar-refractivity contribution in [2.45, 2.75) is 12.8 Å². The summed E-state index contributed by atoms with van der Waals surface area (Å²) in [5, 5.41) is 5.29. The van der Waals surface area contributed by atoms with E-state index in [9.17, 15) is 14.4 Å². The quantitative estimate of drug-likeness (QED) is 0.690. The number of rotatable bonds is 8. The van der Waals surface area contributed by atoms with E-state index in [0.717, 1.165) is 11.1 Å². The first-order valence-corrected chi connectivity index (χ1v) is 8.35. The van der Waals surface area contributed by atoms with Gasteiger partial charge in [-0.3, -0.25) is 14.4 Å². The van der Waals surface area contributed by atoms with Crippen LogP contribution in [0, 0.1) is 0 Å². The predicted octanol–water partition coefficient (Wildman–Crippen LogP) is 1.71. The van der Waals surface area contributed by atoms with Crippen molar-refractivity contribution in [2.24, 2.45) is 0 Å². The van der Waals surface area contributed by atoms with Gasteiger partial charge in [0.2, 0.25) is 11.8 Å². The van der Waals surface area contributed by atoms with Gasteiger partial charge in [-0.05, 0) is 35.4 Å². The van der Waals surface area contributed by atoms with Crippen LogP contribution in [0.5, 0.6) is 5.75 Å². The summed E-state index contributed by atoms with van der Waals surface area (Å²) in [5.74, 6) is -0.227. The van der Waals surface area contributed by atoms with E-state index in [4.69, 9.17) is 4.74 Å². The number of anilines is 1. The van der Waals surface area contributed by atoms with Crippen LogP contribution in [0.4, 0.5) is 5.69 Å². The molecule has 142 valence electrons. The molecule has 0 radical (unpaired) electrons. The molecule has 2 aromatic rings. The van der Waals surface area contributed by atoms with Crippen molar-refractivity contribution in [3.8, 4) is 5.75 Å². The average Bonchev–Trinajstić information content (AvgIpc) is 2.67. The molecule has 0 aliphatic rings. The van der Waals surface area contributed by atoms with Gasteiger partial charge in [0.15, 0.2) is 0 Å². The molecule has 7 nitrogen and oxygen atoms in total. The Hall–Kier alpha value is -3.35. The van der Waals surface area contributed by atoms with Gasteiger partial charge in [0.25, 0.3) is 0 Å². The number of methoxy groups -OCH3 is 2. The molecule has 2 rings (SSSR count). The summed E-state index contributed by atoms with van der Waals surface area (Å²) in [6, 6.07) is 14.3. The Morgan fingerprint density at radius 3 is 2.26 bits per heavy atom. The lowest BCUT2D eigenvalue weighted by molar-refractivity contribution is -0.141. The highest BCUT2D eigenvalue weighted by molar-refractivity contribution is 5.92. The second-order valence-corrected chi connectivity index (χ2v) is 5.80. The lowest BCUT2D eigenvalue weighted by atomic mass is 10.1.